The third-order valence-corrected chi connectivity index (χ3v) is 3.53. The summed E-state index contributed by atoms with van der Waals surface area (Å²) in [4.78, 5) is 11.1. The van der Waals surface area contributed by atoms with E-state index in [1.165, 1.54) is 6.42 Å². The molecule has 2 heterocycles. The summed E-state index contributed by atoms with van der Waals surface area (Å²) in [7, 11) is 0. The summed E-state index contributed by atoms with van der Waals surface area (Å²) in [5, 5.41) is 0.819. The second-order valence-corrected chi connectivity index (χ2v) is 4.93. The SMILES string of the molecule is CC1CC(C)N(c2ncc(CBr)cn2)C1. The van der Waals surface area contributed by atoms with E-state index in [2.05, 4.69) is 44.6 Å². The van der Waals surface area contributed by atoms with Gasteiger partial charge in [0.15, 0.2) is 0 Å². The third kappa shape index (κ3) is 2.30. The molecule has 0 saturated carbocycles. The maximum atomic E-state index is 4.40. The van der Waals surface area contributed by atoms with E-state index in [1.54, 1.807) is 0 Å². The Morgan fingerprint density at radius 1 is 1.40 bits per heavy atom. The van der Waals surface area contributed by atoms with Crippen molar-refractivity contribution in [3.05, 3.63) is 18.0 Å². The molecule has 0 amide bonds. The predicted octanol–water partition coefficient (Wildman–Crippen LogP) is 2.61. The van der Waals surface area contributed by atoms with Crippen LogP contribution in [-0.2, 0) is 5.33 Å². The molecule has 2 atom stereocenters. The summed E-state index contributed by atoms with van der Waals surface area (Å²) >= 11 is 3.39. The molecule has 0 aromatic carbocycles. The fraction of sp³-hybridized carbons (Fsp3) is 0.636. The van der Waals surface area contributed by atoms with Crippen LogP contribution in [0.5, 0.6) is 0 Å². The zero-order valence-electron chi connectivity index (χ0n) is 9.15. The minimum atomic E-state index is 0.565. The number of hydrogen-bond acceptors (Lipinski definition) is 3. The lowest BCUT2D eigenvalue weighted by molar-refractivity contribution is 0.624. The van der Waals surface area contributed by atoms with Crippen LogP contribution in [-0.4, -0.2) is 22.6 Å². The highest BCUT2D eigenvalue weighted by Gasteiger charge is 2.27. The number of alkyl halides is 1. The summed E-state index contributed by atoms with van der Waals surface area (Å²) in [5.74, 6) is 1.62. The molecule has 1 aromatic heterocycles. The first-order chi connectivity index (χ1) is 7.20. The van der Waals surface area contributed by atoms with Gasteiger partial charge in [0, 0.05) is 30.3 Å². The Kier molecular flexibility index (Phi) is 3.24. The van der Waals surface area contributed by atoms with Gasteiger partial charge in [-0.05, 0) is 24.8 Å². The maximum Gasteiger partial charge on any atom is 0.225 e. The molecule has 4 heteroatoms. The zero-order valence-corrected chi connectivity index (χ0v) is 10.7. The number of anilines is 1. The van der Waals surface area contributed by atoms with Gasteiger partial charge in [0.05, 0.1) is 0 Å². The van der Waals surface area contributed by atoms with Crippen molar-refractivity contribution in [2.45, 2.75) is 31.6 Å². The van der Waals surface area contributed by atoms with Crippen molar-refractivity contribution >= 4 is 21.9 Å². The molecule has 0 aliphatic carbocycles. The molecule has 0 spiro atoms. The van der Waals surface area contributed by atoms with Gasteiger partial charge in [-0.3, -0.25) is 0 Å². The molecule has 1 aliphatic rings. The van der Waals surface area contributed by atoms with Crippen LogP contribution in [0.4, 0.5) is 5.95 Å². The van der Waals surface area contributed by atoms with Crippen LogP contribution in [0.3, 0.4) is 0 Å². The molecule has 0 radical (unpaired) electrons. The van der Waals surface area contributed by atoms with Crippen molar-refractivity contribution in [2.75, 3.05) is 11.4 Å². The lowest BCUT2D eigenvalue weighted by Gasteiger charge is -2.21. The Morgan fingerprint density at radius 3 is 2.53 bits per heavy atom. The summed E-state index contributed by atoms with van der Waals surface area (Å²) < 4.78 is 0. The molecule has 1 aliphatic heterocycles. The molecule has 0 N–H and O–H groups in total. The minimum absolute atomic E-state index is 0.565. The van der Waals surface area contributed by atoms with Crippen molar-refractivity contribution in [1.29, 1.82) is 0 Å². The fourth-order valence-electron chi connectivity index (χ4n) is 2.14. The quantitative estimate of drug-likeness (QED) is 0.773. The van der Waals surface area contributed by atoms with Crippen LogP contribution >= 0.6 is 15.9 Å². The number of nitrogens with zero attached hydrogens (tertiary/aromatic N) is 3. The second kappa shape index (κ2) is 4.47. The first-order valence-electron chi connectivity index (χ1n) is 5.34. The standard InChI is InChI=1S/C11H16BrN3/c1-8-3-9(2)15(7-8)11-13-5-10(4-12)6-14-11/h5-6,8-9H,3-4,7H2,1-2H3. The van der Waals surface area contributed by atoms with Crippen LogP contribution in [0.1, 0.15) is 25.8 Å². The topological polar surface area (TPSA) is 29.0 Å². The van der Waals surface area contributed by atoms with Gasteiger partial charge in [0.1, 0.15) is 0 Å². The average Bonchev–Trinajstić information content (AvgIpc) is 2.58. The van der Waals surface area contributed by atoms with Crippen LogP contribution in [0.15, 0.2) is 12.4 Å². The monoisotopic (exact) mass is 269 g/mol. The Morgan fingerprint density at radius 2 is 2.07 bits per heavy atom. The summed E-state index contributed by atoms with van der Waals surface area (Å²) in [6.07, 6.45) is 5.03. The van der Waals surface area contributed by atoms with Crippen molar-refractivity contribution in [3.63, 3.8) is 0 Å². The number of hydrogen-bond donors (Lipinski definition) is 0. The maximum absolute atomic E-state index is 4.40. The normalized spacial score (nSPS) is 25.9. The van der Waals surface area contributed by atoms with Gasteiger partial charge in [-0.2, -0.15) is 0 Å². The van der Waals surface area contributed by atoms with Gasteiger partial charge in [-0.15, -0.1) is 0 Å². The van der Waals surface area contributed by atoms with Crippen molar-refractivity contribution in [1.82, 2.24) is 9.97 Å². The molecule has 2 unspecified atom stereocenters. The van der Waals surface area contributed by atoms with Crippen molar-refractivity contribution < 1.29 is 0 Å². The summed E-state index contributed by atoms with van der Waals surface area (Å²) in [6.45, 7) is 5.60. The van der Waals surface area contributed by atoms with Crippen LogP contribution < -0.4 is 4.90 Å². The van der Waals surface area contributed by atoms with Gasteiger partial charge in [0.25, 0.3) is 0 Å². The predicted molar refractivity (Wildman–Crippen MR) is 65.3 cm³/mol. The van der Waals surface area contributed by atoms with Gasteiger partial charge in [-0.1, -0.05) is 22.9 Å². The van der Waals surface area contributed by atoms with E-state index in [-0.39, 0.29) is 0 Å². The molecule has 1 aromatic rings. The van der Waals surface area contributed by atoms with E-state index in [0.29, 0.717) is 6.04 Å². The van der Waals surface area contributed by atoms with Gasteiger partial charge in [-0.25, -0.2) is 9.97 Å². The molecule has 2 rings (SSSR count). The smallest absolute Gasteiger partial charge is 0.225 e. The fourth-order valence-corrected chi connectivity index (χ4v) is 2.43. The molecule has 0 bridgehead atoms. The van der Waals surface area contributed by atoms with Gasteiger partial charge < -0.3 is 4.90 Å². The summed E-state index contributed by atoms with van der Waals surface area (Å²) in [5.41, 5.74) is 1.12. The Balaban J connectivity index is 2.15. The molecular formula is C11H16BrN3. The number of aromatic nitrogens is 2. The number of rotatable bonds is 2. The second-order valence-electron chi connectivity index (χ2n) is 4.37. The van der Waals surface area contributed by atoms with E-state index in [1.807, 2.05) is 12.4 Å². The molecule has 82 valence electrons. The minimum Gasteiger partial charge on any atom is -0.338 e. The van der Waals surface area contributed by atoms with E-state index < -0.39 is 0 Å². The van der Waals surface area contributed by atoms with E-state index in [4.69, 9.17) is 0 Å². The molecule has 1 fully saturated rings. The summed E-state index contributed by atoms with van der Waals surface area (Å²) in [6, 6.07) is 0.565. The Hall–Kier alpha value is -0.640. The highest BCUT2D eigenvalue weighted by molar-refractivity contribution is 9.08. The molecular weight excluding hydrogens is 254 g/mol. The third-order valence-electron chi connectivity index (χ3n) is 2.89. The zero-order chi connectivity index (χ0) is 10.8. The highest BCUT2D eigenvalue weighted by Crippen LogP contribution is 2.25. The van der Waals surface area contributed by atoms with Gasteiger partial charge >= 0.3 is 0 Å². The lowest BCUT2D eigenvalue weighted by Crippen LogP contribution is -2.28. The largest absolute Gasteiger partial charge is 0.338 e. The van der Waals surface area contributed by atoms with Crippen molar-refractivity contribution in [2.24, 2.45) is 5.92 Å². The Labute approximate surface area is 99.0 Å². The van der Waals surface area contributed by atoms with E-state index >= 15 is 0 Å². The van der Waals surface area contributed by atoms with Gasteiger partial charge in [0.2, 0.25) is 5.95 Å². The van der Waals surface area contributed by atoms with Crippen LogP contribution in [0.25, 0.3) is 0 Å². The Bertz CT molecular complexity index is 325. The van der Waals surface area contributed by atoms with Crippen LogP contribution in [0.2, 0.25) is 0 Å². The molecule has 1 saturated heterocycles. The first-order valence-corrected chi connectivity index (χ1v) is 6.46. The van der Waals surface area contributed by atoms with E-state index in [9.17, 15) is 0 Å². The van der Waals surface area contributed by atoms with E-state index in [0.717, 1.165) is 29.3 Å². The molecule has 15 heavy (non-hydrogen) atoms. The average molecular weight is 270 g/mol. The first kappa shape index (κ1) is 10.9. The molecule has 3 nitrogen and oxygen atoms in total. The lowest BCUT2D eigenvalue weighted by atomic mass is 10.1. The van der Waals surface area contributed by atoms with Crippen LogP contribution in [0, 0.1) is 5.92 Å². The number of halogens is 1. The highest BCUT2D eigenvalue weighted by atomic mass is 79.9. The van der Waals surface area contributed by atoms with Crippen molar-refractivity contribution in [3.8, 4) is 0 Å².